The number of benzene rings is 6. The molecule has 6 aromatic carbocycles. The molecule has 1 aliphatic carbocycles. The molecule has 0 spiro atoms. The predicted molar refractivity (Wildman–Crippen MR) is 210 cm³/mol. The third-order valence-electron chi connectivity index (χ3n) is 10.3. The van der Waals surface area contributed by atoms with Crippen molar-refractivity contribution in [3.8, 4) is 56.3 Å². The standard InChI is InChI=1S/C46H31N3S/c1-46(2)36-17-9-6-14-32(36)33-25-24-31(26-37(33)46)40-27-39(28-12-4-3-5-13-28)48-45(49-40)30-22-20-29(21-23-30)43-42-35-16-8-11-19-41(35)50-44(42)34-15-7-10-18-38(34)47-43/h3-27H,1-2H3. The molecular weight excluding hydrogens is 627 g/mol. The van der Waals surface area contributed by atoms with Crippen LogP contribution >= 0.6 is 11.3 Å². The van der Waals surface area contributed by atoms with Crippen LogP contribution in [0.1, 0.15) is 25.0 Å². The lowest BCUT2D eigenvalue weighted by atomic mass is 9.82. The monoisotopic (exact) mass is 657 g/mol. The quantitative estimate of drug-likeness (QED) is 0.189. The largest absolute Gasteiger partial charge is 0.247 e. The van der Waals surface area contributed by atoms with Gasteiger partial charge in [0.15, 0.2) is 5.82 Å². The second-order valence-electron chi connectivity index (χ2n) is 13.6. The van der Waals surface area contributed by atoms with Crippen molar-refractivity contribution in [2.75, 3.05) is 0 Å². The molecule has 50 heavy (non-hydrogen) atoms. The van der Waals surface area contributed by atoms with Gasteiger partial charge in [-0.25, -0.2) is 15.0 Å². The van der Waals surface area contributed by atoms with Crippen LogP contribution < -0.4 is 0 Å². The number of fused-ring (bicyclic) bond motifs is 8. The highest BCUT2D eigenvalue weighted by atomic mass is 32.1. The van der Waals surface area contributed by atoms with Crippen molar-refractivity contribution >= 4 is 42.4 Å². The van der Waals surface area contributed by atoms with E-state index < -0.39 is 0 Å². The highest BCUT2D eigenvalue weighted by Crippen LogP contribution is 2.49. The van der Waals surface area contributed by atoms with Crippen LogP contribution in [-0.2, 0) is 5.41 Å². The van der Waals surface area contributed by atoms with Gasteiger partial charge in [-0.15, -0.1) is 11.3 Å². The summed E-state index contributed by atoms with van der Waals surface area (Å²) in [5, 5.41) is 3.65. The zero-order chi connectivity index (χ0) is 33.4. The van der Waals surface area contributed by atoms with Gasteiger partial charge < -0.3 is 0 Å². The smallest absolute Gasteiger partial charge is 0.160 e. The maximum absolute atomic E-state index is 5.24. The van der Waals surface area contributed by atoms with Crippen molar-refractivity contribution in [2.24, 2.45) is 0 Å². The summed E-state index contributed by atoms with van der Waals surface area (Å²) in [6.45, 7) is 4.64. The van der Waals surface area contributed by atoms with E-state index in [1.165, 1.54) is 47.8 Å². The van der Waals surface area contributed by atoms with Crippen LogP contribution in [-0.4, -0.2) is 15.0 Å². The fourth-order valence-corrected chi connectivity index (χ4v) is 8.98. The Morgan fingerprint density at radius 1 is 0.480 bits per heavy atom. The molecule has 236 valence electrons. The maximum atomic E-state index is 5.24. The van der Waals surface area contributed by atoms with E-state index in [4.69, 9.17) is 15.0 Å². The van der Waals surface area contributed by atoms with E-state index in [-0.39, 0.29) is 5.41 Å². The Balaban J connectivity index is 1.11. The summed E-state index contributed by atoms with van der Waals surface area (Å²) >= 11 is 1.84. The van der Waals surface area contributed by atoms with Gasteiger partial charge in [-0.3, -0.25) is 0 Å². The Morgan fingerprint density at radius 2 is 1.12 bits per heavy atom. The molecule has 0 fully saturated rings. The molecule has 0 bridgehead atoms. The average molecular weight is 658 g/mol. The normalized spacial score (nSPS) is 13.2. The minimum atomic E-state index is -0.0914. The molecule has 0 radical (unpaired) electrons. The number of pyridine rings is 1. The van der Waals surface area contributed by atoms with Gasteiger partial charge in [0.2, 0.25) is 0 Å². The minimum absolute atomic E-state index is 0.0914. The number of nitrogens with zero attached hydrogens (tertiary/aromatic N) is 3. The van der Waals surface area contributed by atoms with E-state index >= 15 is 0 Å². The van der Waals surface area contributed by atoms with E-state index in [1.54, 1.807) is 0 Å². The van der Waals surface area contributed by atoms with Gasteiger partial charge in [-0.1, -0.05) is 141 Å². The van der Waals surface area contributed by atoms with Crippen molar-refractivity contribution in [3.63, 3.8) is 0 Å². The Hall–Kier alpha value is -5.97. The van der Waals surface area contributed by atoms with Crippen molar-refractivity contribution < 1.29 is 0 Å². The van der Waals surface area contributed by atoms with E-state index in [9.17, 15) is 0 Å². The summed E-state index contributed by atoms with van der Waals surface area (Å²) in [5.41, 5.74) is 13.3. The van der Waals surface area contributed by atoms with E-state index in [0.29, 0.717) is 5.82 Å². The average Bonchev–Trinajstić information content (AvgIpc) is 3.68. The molecule has 0 amide bonds. The summed E-state index contributed by atoms with van der Waals surface area (Å²) in [6.07, 6.45) is 0. The van der Waals surface area contributed by atoms with Gasteiger partial charge in [0, 0.05) is 53.2 Å². The Bertz CT molecular complexity index is 2780. The van der Waals surface area contributed by atoms with E-state index in [1.807, 2.05) is 17.4 Å². The van der Waals surface area contributed by atoms with Crippen molar-refractivity contribution in [3.05, 3.63) is 163 Å². The van der Waals surface area contributed by atoms with Crippen molar-refractivity contribution in [1.82, 2.24) is 15.0 Å². The number of hydrogen-bond donors (Lipinski definition) is 0. The highest BCUT2D eigenvalue weighted by Gasteiger charge is 2.35. The lowest BCUT2D eigenvalue weighted by Crippen LogP contribution is -2.14. The Kier molecular flexibility index (Phi) is 6.39. The fourth-order valence-electron chi connectivity index (χ4n) is 7.74. The van der Waals surface area contributed by atoms with Crippen LogP contribution in [0.3, 0.4) is 0 Å². The summed E-state index contributed by atoms with van der Waals surface area (Å²) in [6, 6.07) is 53.8. The maximum Gasteiger partial charge on any atom is 0.160 e. The van der Waals surface area contributed by atoms with Crippen LogP contribution in [0.15, 0.2) is 152 Å². The fraction of sp³-hybridized carbons (Fsp3) is 0.0652. The van der Waals surface area contributed by atoms with Crippen LogP contribution in [0, 0.1) is 0 Å². The molecule has 0 unspecified atom stereocenters. The zero-order valence-corrected chi connectivity index (χ0v) is 28.5. The summed E-state index contributed by atoms with van der Waals surface area (Å²) in [5.74, 6) is 0.702. The number of hydrogen-bond acceptors (Lipinski definition) is 4. The van der Waals surface area contributed by atoms with Crippen molar-refractivity contribution in [1.29, 1.82) is 0 Å². The third-order valence-corrected chi connectivity index (χ3v) is 11.5. The van der Waals surface area contributed by atoms with Crippen LogP contribution in [0.2, 0.25) is 0 Å². The second kappa shape index (κ2) is 11.0. The number of aromatic nitrogens is 3. The molecule has 3 heterocycles. The lowest BCUT2D eigenvalue weighted by molar-refractivity contribution is 0.660. The molecule has 4 heteroatoms. The predicted octanol–water partition coefficient (Wildman–Crippen LogP) is 12.4. The topological polar surface area (TPSA) is 38.7 Å². The summed E-state index contributed by atoms with van der Waals surface area (Å²) in [4.78, 5) is 15.6. The Morgan fingerprint density at radius 3 is 1.96 bits per heavy atom. The molecule has 10 rings (SSSR count). The molecule has 0 N–H and O–H groups in total. The third kappa shape index (κ3) is 4.45. The van der Waals surface area contributed by atoms with E-state index in [0.717, 1.165) is 44.9 Å². The highest BCUT2D eigenvalue weighted by molar-refractivity contribution is 7.26. The minimum Gasteiger partial charge on any atom is -0.247 e. The first kappa shape index (κ1) is 29.0. The number of thiophene rings is 1. The first-order valence-corrected chi connectivity index (χ1v) is 17.8. The van der Waals surface area contributed by atoms with Gasteiger partial charge in [0.1, 0.15) is 0 Å². The molecule has 0 saturated heterocycles. The SMILES string of the molecule is CC1(C)c2ccccc2-c2ccc(-c3cc(-c4ccccc4)nc(-c4ccc(-c5nc6ccccc6c6sc7ccccc7c56)cc4)n3)cc21. The first-order chi connectivity index (χ1) is 24.5. The summed E-state index contributed by atoms with van der Waals surface area (Å²) in [7, 11) is 0. The molecule has 1 aliphatic rings. The van der Waals surface area contributed by atoms with Gasteiger partial charge in [-0.2, -0.15) is 0 Å². The molecule has 0 saturated carbocycles. The number of rotatable bonds is 4. The van der Waals surface area contributed by atoms with Gasteiger partial charge >= 0.3 is 0 Å². The second-order valence-corrected chi connectivity index (χ2v) is 14.7. The van der Waals surface area contributed by atoms with Crippen molar-refractivity contribution in [2.45, 2.75) is 19.3 Å². The van der Waals surface area contributed by atoms with Gasteiger partial charge in [0.05, 0.1) is 22.6 Å². The first-order valence-electron chi connectivity index (χ1n) is 17.0. The molecule has 3 aromatic heterocycles. The molecule has 0 aliphatic heterocycles. The molecule has 0 atom stereocenters. The molecular formula is C46H31N3S. The van der Waals surface area contributed by atoms with Crippen LogP contribution in [0.4, 0.5) is 0 Å². The number of para-hydroxylation sites is 1. The van der Waals surface area contributed by atoms with Gasteiger partial charge in [-0.05, 0) is 46.5 Å². The van der Waals surface area contributed by atoms with E-state index in [2.05, 4.69) is 159 Å². The molecule has 3 nitrogen and oxygen atoms in total. The molecule has 9 aromatic rings. The van der Waals surface area contributed by atoms with Crippen LogP contribution in [0.25, 0.3) is 87.4 Å². The van der Waals surface area contributed by atoms with Crippen LogP contribution in [0.5, 0.6) is 0 Å². The zero-order valence-electron chi connectivity index (χ0n) is 27.7. The lowest BCUT2D eigenvalue weighted by Gasteiger charge is -2.22. The Labute approximate surface area is 294 Å². The van der Waals surface area contributed by atoms with Gasteiger partial charge in [0.25, 0.3) is 0 Å². The summed E-state index contributed by atoms with van der Waals surface area (Å²) < 4.78 is 2.55.